The summed E-state index contributed by atoms with van der Waals surface area (Å²) in [4.78, 5) is 41.3. The van der Waals surface area contributed by atoms with E-state index in [1.807, 2.05) is 48.3 Å². The van der Waals surface area contributed by atoms with Crippen molar-refractivity contribution in [2.24, 2.45) is 5.92 Å². The van der Waals surface area contributed by atoms with Crippen molar-refractivity contribution in [3.8, 4) is 6.07 Å². The fourth-order valence-corrected chi connectivity index (χ4v) is 5.24. The molecule has 1 aliphatic heterocycles. The van der Waals surface area contributed by atoms with E-state index in [2.05, 4.69) is 16.0 Å². The van der Waals surface area contributed by atoms with Gasteiger partial charge in [0.1, 0.15) is 5.37 Å². The van der Waals surface area contributed by atoms with Crippen LogP contribution in [0.5, 0.6) is 0 Å². The zero-order valence-electron chi connectivity index (χ0n) is 21.6. The van der Waals surface area contributed by atoms with Crippen LogP contribution in [0.15, 0.2) is 65.7 Å². The Bertz CT molecular complexity index is 1240. The predicted molar refractivity (Wildman–Crippen MR) is 146 cm³/mol. The normalized spacial score (nSPS) is 16.8. The summed E-state index contributed by atoms with van der Waals surface area (Å²) >= 11 is 1.02. The van der Waals surface area contributed by atoms with E-state index in [0.29, 0.717) is 17.9 Å². The van der Waals surface area contributed by atoms with Gasteiger partial charge in [-0.15, -0.1) is 0 Å². The van der Waals surface area contributed by atoms with Gasteiger partial charge in [-0.25, -0.2) is 8.78 Å². The molecule has 3 rings (SSSR count). The summed E-state index contributed by atoms with van der Waals surface area (Å²) in [6.07, 6.45) is -1.28. The highest BCUT2D eigenvalue weighted by Crippen LogP contribution is 2.39. The second-order valence-electron chi connectivity index (χ2n) is 8.78. The minimum Gasteiger partial charge on any atom is -0.360 e. The average Bonchev–Trinajstić information content (AvgIpc) is 3.21. The molecule has 1 fully saturated rings. The topological polar surface area (TPSA) is 118 Å². The Morgan fingerprint density at radius 3 is 2.56 bits per heavy atom. The molecule has 1 heterocycles. The molecule has 0 radical (unpaired) electrons. The molecule has 3 amide bonds. The highest BCUT2D eigenvalue weighted by Gasteiger charge is 2.43. The van der Waals surface area contributed by atoms with Crippen LogP contribution >= 0.6 is 11.8 Å². The lowest BCUT2D eigenvalue weighted by atomic mass is 10.1. The van der Waals surface area contributed by atoms with E-state index >= 15 is 0 Å². The fraction of sp³-hybridized carbons (Fsp3) is 0.333. The van der Waals surface area contributed by atoms with Gasteiger partial charge in [-0.05, 0) is 37.7 Å². The number of rotatable bonds is 12. The second-order valence-corrected chi connectivity index (χ2v) is 9.94. The van der Waals surface area contributed by atoms with Crippen molar-refractivity contribution in [3.05, 3.63) is 71.3 Å². The standard InChI is InChI=1S/C27H30F2N6O3S/c1-3-35-26(38)22(39-27(35)21(13-30)25(37)32-15-23(28)29)14-31-19-10-7-11-20(12-19)33-24(36)17-34(2)16-18-8-5-4-6-9-18/h4-12,14,21,23,27,31H,3,15-17H2,1-2H3,(H,32,37)(H,33,36)/b22-14+. The smallest absolute Gasteiger partial charge is 0.262 e. The number of carbonyl (C=O) groups is 3. The second kappa shape index (κ2) is 14.3. The van der Waals surface area contributed by atoms with Gasteiger partial charge in [0.05, 0.1) is 24.1 Å². The van der Waals surface area contributed by atoms with Gasteiger partial charge < -0.3 is 20.9 Å². The van der Waals surface area contributed by atoms with Crippen LogP contribution in [0.25, 0.3) is 0 Å². The summed E-state index contributed by atoms with van der Waals surface area (Å²) in [5.74, 6) is -2.73. The van der Waals surface area contributed by atoms with Crippen LogP contribution in [0.3, 0.4) is 0 Å². The van der Waals surface area contributed by atoms with Crippen molar-refractivity contribution in [3.63, 3.8) is 0 Å². The van der Waals surface area contributed by atoms with E-state index in [9.17, 15) is 28.4 Å². The number of halogens is 2. The summed E-state index contributed by atoms with van der Waals surface area (Å²) in [6, 6.07) is 18.6. The molecule has 1 aliphatic rings. The van der Waals surface area contributed by atoms with Gasteiger partial charge in [0, 0.05) is 30.7 Å². The Morgan fingerprint density at radius 2 is 1.90 bits per heavy atom. The molecular weight excluding hydrogens is 526 g/mol. The number of benzene rings is 2. The molecule has 0 aromatic heterocycles. The molecule has 12 heteroatoms. The highest BCUT2D eigenvalue weighted by molar-refractivity contribution is 8.05. The number of alkyl halides is 2. The van der Waals surface area contributed by atoms with E-state index < -0.39 is 30.2 Å². The quantitative estimate of drug-likeness (QED) is 0.343. The van der Waals surface area contributed by atoms with Gasteiger partial charge >= 0.3 is 0 Å². The number of nitrogens with one attached hydrogen (secondary N) is 3. The zero-order chi connectivity index (χ0) is 28.4. The summed E-state index contributed by atoms with van der Waals surface area (Å²) in [5, 5.41) is 16.6. The van der Waals surface area contributed by atoms with Crippen LogP contribution in [-0.4, -0.2) is 66.0 Å². The molecule has 0 aliphatic carbocycles. The first-order valence-electron chi connectivity index (χ1n) is 12.2. The first kappa shape index (κ1) is 29.6. The maximum atomic E-state index is 12.9. The SMILES string of the molecule is CCN1C(=O)/C(=C\Nc2cccc(NC(=O)CN(C)Cc3ccccc3)c2)SC1C(C#N)C(=O)NCC(F)F. The number of likely N-dealkylation sites (N-methyl/N-ethyl adjacent to an activating group) is 2. The molecule has 2 aromatic carbocycles. The van der Waals surface area contributed by atoms with E-state index in [4.69, 9.17) is 0 Å². The Balaban J connectivity index is 1.61. The third kappa shape index (κ3) is 8.53. The molecule has 2 aromatic rings. The number of anilines is 2. The predicted octanol–water partition coefficient (Wildman–Crippen LogP) is 3.45. The van der Waals surface area contributed by atoms with Gasteiger partial charge in [0.2, 0.25) is 11.8 Å². The van der Waals surface area contributed by atoms with E-state index in [0.717, 1.165) is 17.3 Å². The van der Waals surface area contributed by atoms with Crippen molar-refractivity contribution in [1.29, 1.82) is 5.26 Å². The maximum absolute atomic E-state index is 12.9. The molecule has 9 nitrogen and oxygen atoms in total. The number of hydrogen-bond donors (Lipinski definition) is 3. The molecule has 2 unspecified atom stereocenters. The van der Waals surface area contributed by atoms with Crippen molar-refractivity contribution in [2.45, 2.75) is 25.3 Å². The van der Waals surface area contributed by atoms with Gasteiger partial charge in [-0.3, -0.25) is 19.3 Å². The average molecular weight is 557 g/mol. The van der Waals surface area contributed by atoms with Crippen molar-refractivity contribution in [2.75, 3.05) is 37.3 Å². The van der Waals surface area contributed by atoms with Crippen molar-refractivity contribution >= 4 is 40.9 Å². The van der Waals surface area contributed by atoms with Gasteiger partial charge in [0.25, 0.3) is 12.3 Å². The van der Waals surface area contributed by atoms with E-state index in [1.165, 1.54) is 11.1 Å². The third-order valence-electron chi connectivity index (χ3n) is 5.73. The first-order chi connectivity index (χ1) is 18.7. The molecular formula is C27H30F2N6O3S. The molecule has 1 saturated heterocycles. The summed E-state index contributed by atoms with van der Waals surface area (Å²) in [6.45, 7) is 1.90. The lowest BCUT2D eigenvalue weighted by molar-refractivity contribution is -0.129. The maximum Gasteiger partial charge on any atom is 0.262 e. The number of carbonyl (C=O) groups excluding carboxylic acids is 3. The van der Waals surface area contributed by atoms with Crippen LogP contribution in [-0.2, 0) is 20.9 Å². The van der Waals surface area contributed by atoms with Crippen LogP contribution in [0.2, 0.25) is 0 Å². The van der Waals surface area contributed by atoms with Crippen molar-refractivity contribution < 1.29 is 23.2 Å². The number of hydrogen-bond acceptors (Lipinski definition) is 7. The number of thioether (sulfide) groups is 1. The largest absolute Gasteiger partial charge is 0.360 e. The van der Waals surface area contributed by atoms with Gasteiger partial charge in [-0.2, -0.15) is 5.26 Å². The van der Waals surface area contributed by atoms with E-state index in [-0.39, 0.29) is 29.8 Å². The van der Waals surface area contributed by atoms with Crippen molar-refractivity contribution in [1.82, 2.24) is 15.1 Å². The molecule has 0 bridgehead atoms. The third-order valence-corrected chi connectivity index (χ3v) is 7.04. The summed E-state index contributed by atoms with van der Waals surface area (Å²) < 4.78 is 25.0. The van der Waals surface area contributed by atoms with Gasteiger partial charge in [-0.1, -0.05) is 48.2 Å². The Hall–Kier alpha value is -3.95. The number of amides is 3. The number of nitrogens with zero attached hydrogens (tertiary/aromatic N) is 3. The van der Waals surface area contributed by atoms with Crippen LogP contribution in [0.1, 0.15) is 12.5 Å². The van der Waals surface area contributed by atoms with Crippen LogP contribution < -0.4 is 16.0 Å². The number of nitriles is 1. The molecule has 0 saturated carbocycles. The zero-order valence-corrected chi connectivity index (χ0v) is 22.4. The summed E-state index contributed by atoms with van der Waals surface area (Å²) in [5.41, 5.74) is 2.27. The molecule has 2 atom stereocenters. The van der Waals surface area contributed by atoms with Gasteiger partial charge in [0.15, 0.2) is 5.92 Å². The lowest BCUT2D eigenvalue weighted by Gasteiger charge is -2.24. The highest BCUT2D eigenvalue weighted by atomic mass is 32.2. The molecule has 39 heavy (non-hydrogen) atoms. The molecule has 206 valence electrons. The fourth-order valence-electron chi connectivity index (χ4n) is 3.94. The molecule has 0 spiro atoms. The minimum atomic E-state index is -2.75. The summed E-state index contributed by atoms with van der Waals surface area (Å²) in [7, 11) is 1.86. The minimum absolute atomic E-state index is 0.181. The molecule has 3 N–H and O–H groups in total. The van der Waals surface area contributed by atoms with Crippen LogP contribution in [0.4, 0.5) is 20.2 Å². The lowest BCUT2D eigenvalue weighted by Crippen LogP contribution is -2.44. The first-order valence-corrected chi connectivity index (χ1v) is 13.1. The Morgan fingerprint density at radius 1 is 1.18 bits per heavy atom. The van der Waals surface area contributed by atoms with Crippen LogP contribution in [0, 0.1) is 17.2 Å². The Labute approximate surface area is 230 Å². The monoisotopic (exact) mass is 556 g/mol. The Kier molecular flexibility index (Phi) is 10.8. The van der Waals surface area contributed by atoms with E-state index in [1.54, 1.807) is 31.2 Å².